The van der Waals surface area contributed by atoms with Crippen LogP contribution < -0.4 is 5.32 Å². The maximum atomic E-state index is 12.9. The predicted octanol–water partition coefficient (Wildman–Crippen LogP) is 3.93. The van der Waals surface area contributed by atoms with Gasteiger partial charge in [-0.25, -0.2) is 9.18 Å². The third-order valence-corrected chi connectivity index (χ3v) is 5.36. The van der Waals surface area contributed by atoms with E-state index in [9.17, 15) is 19.2 Å². The van der Waals surface area contributed by atoms with E-state index in [0.29, 0.717) is 42.2 Å². The summed E-state index contributed by atoms with van der Waals surface area (Å²) in [6.45, 7) is 2.88. The molecule has 1 aromatic carbocycles. The minimum Gasteiger partial charge on any atom is -0.450 e. The number of rotatable bonds is 4. The lowest BCUT2D eigenvalue weighted by Crippen LogP contribution is -2.35. The van der Waals surface area contributed by atoms with E-state index in [1.807, 2.05) is 0 Å². The standard InChI is InChI=1S/C20H18FN3O3S/c1-2-27-20(26)24-10-9-15-16(11-22)19(28-17(15)12-24)23-18(25)8-5-13-3-6-14(21)7-4-13/h3-8H,2,9-10,12H2,1H3,(H,23,25). The van der Waals surface area contributed by atoms with Crippen LogP contribution in [0.1, 0.15) is 28.5 Å². The van der Waals surface area contributed by atoms with Crippen molar-refractivity contribution < 1.29 is 18.7 Å². The first-order chi connectivity index (χ1) is 13.5. The van der Waals surface area contributed by atoms with Gasteiger partial charge in [-0.15, -0.1) is 11.3 Å². The second kappa shape index (κ2) is 8.67. The molecule has 1 aromatic heterocycles. The summed E-state index contributed by atoms with van der Waals surface area (Å²) in [6, 6.07) is 7.91. The molecule has 0 unspecified atom stereocenters. The molecule has 0 fully saturated rings. The molecule has 3 rings (SSSR count). The lowest BCUT2D eigenvalue weighted by atomic mass is 10.0. The van der Waals surface area contributed by atoms with E-state index in [-0.39, 0.29) is 17.8 Å². The molecule has 0 spiro atoms. The van der Waals surface area contributed by atoms with Crippen molar-refractivity contribution in [2.45, 2.75) is 19.9 Å². The van der Waals surface area contributed by atoms with Crippen LogP contribution in [0.25, 0.3) is 6.08 Å². The monoisotopic (exact) mass is 399 g/mol. The fourth-order valence-corrected chi connectivity index (χ4v) is 4.10. The molecule has 6 nitrogen and oxygen atoms in total. The van der Waals surface area contributed by atoms with Crippen molar-refractivity contribution in [3.05, 3.63) is 57.7 Å². The Labute approximate surface area is 165 Å². The maximum Gasteiger partial charge on any atom is 0.410 e. The normalized spacial score (nSPS) is 13.1. The molecule has 1 N–H and O–H groups in total. The van der Waals surface area contributed by atoms with Gasteiger partial charge in [0.1, 0.15) is 16.9 Å². The summed E-state index contributed by atoms with van der Waals surface area (Å²) in [5, 5.41) is 12.7. The number of thiophene rings is 1. The molecule has 2 heterocycles. The molecule has 0 atom stereocenters. The first-order valence-corrected chi connectivity index (χ1v) is 9.54. The van der Waals surface area contributed by atoms with E-state index in [2.05, 4.69) is 11.4 Å². The molecule has 0 bridgehead atoms. The number of hydrogen-bond donors (Lipinski definition) is 1. The molecule has 0 aliphatic carbocycles. The van der Waals surface area contributed by atoms with E-state index in [1.165, 1.54) is 29.5 Å². The van der Waals surface area contributed by atoms with Gasteiger partial charge in [-0.3, -0.25) is 4.79 Å². The predicted molar refractivity (Wildman–Crippen MR) is 104 cm³/mol. The molecule has 1 aliphatic heterocycles. The highest BCUT2D eigenvalue weighted by molar-refractivity contribution is 7.16. The number of carbonyl (C=O) groups is 2. The fraction of sp³-hybridized carbons (Fsp3) is 0.250. The maximum absolute atomic E-state index is 12.9. The molecule has 1 aliphatic rings. The second-order valence-corrected chi connectivity index (χ2v) is 7.17. The van der Waals surface area contributed by atoms with Crippen molar-refractivity contribution in [1.82, 2.24) is 4.90 Å². The van der Waals surface area contributed by atoms with Crippen LogP contribution in [0, 0.1) is 17.1 Å². The Bertz CT molecular complexity index is 960. The first kappa shape index (κ1) is 19.6. The van der Waals surface area contributed by atoms with E-state index in [0.717, 1.165) is 10.4 Å². The molecule has 0 radical (unpaired) electrons. The number of fused-ring (bicyclic) bond motifs is 1. The quantitative estimate of drug-likeness (QED) is 0.790. The van der Waals surface area contributed by atoms with Crippen LogP contribution >= 0.6 is 11.3 Å². The van der Waals surface area contributed by atoms with Gasteiger partial charge in [0.15, 0.2) is 0 Å². The van der Waals surface area contributed by atoms with Crippen molar-refractivity contribution in [2.75, 3.05) is 18.5 Å². The molecule has 0 saturated carbocycles. The molecule has 2 amide bonds. The number of benzene rings is 1. The number of halogens is 1. The number of hydrogen-bond acceptors (Lipinski definition) is 5. The Morgan fingerprint density at radius 1 is 1.39 bits per heavy atom. The van der Waals surface area contributed by atoms with Crippen molar-refractivity contribution in [3.63, 3.8) is 0 Å². The van der Waals surface area contributed by atoms with Crippen LogP contribution in [0.3, 0.4) is 0 Å². The zero-order chi connectivity index (χ0) is 20.1. The number of nitrogens with zero attached hydrogens (tertiary/aromatic N) is 2. The van der Waals surface area contributed by atoms with Crippen LogP contribution in [0.4, 0.5) is 14.2 Å². The van der Waals surface area contributed by atoms with E-state index < -0.39 is 0 Å². The molecule has 2 aromatic rings. The highest BCUT2D eigenvalue weighted by atomic mass is 32.1. The molecular formula is C20H18FN3O3S. The van der Waals surface area contributed by atoms with Gasteiger partial charge in [0.05, 0.1) is 18.7 Å². The van der Waals surface area contributed by atoms with Gasteiger partial charge in [-0.2, -0.15) is 5.26 Å². The summed E-state index contributed by atoms with van der Waals surface area (Å²) in [6.07, 6.45) is 3.05. The van der Waals surface area contributed by atoms with Gasteiger partial charge < -0.3 is 15.0 Å². The topological polar surface area (TPSA) is 82.4 Å². The smallest absolute Gasteiger partial charge is 0.410 e. The fourth-order valence-electron chi connectivity index (χ4n) is 2.88. The summed E-state index contributed by atoms with van der Waals surface area (Å²) >= 11 is 1.29. The van der Waals surface area contributed by atoms with Gasteiger partial charge in [0.25, 0.3) is 0 Å². The number of amides is 2. The van der Waals surface area contributed by atoms with Gasteiger partial charge in [0, 0.05) is 17.5 Å². The third kappa shape index (κ3) is 4.38. The molecule has 144 valence electrons. The Morgan fingerprint density at radius 3 is 2.82 bits per heavy atom. The van der Waals surface area contributed by atoms with Crippen molar-refractivity contribution in [3.8, 4) is 6.07 Å². The van der Waals surface area contributed by atoms with E-state index in [4.69, 9.17) is 4.74 Å². The number of ether oxygens (including phenoxy) is 1. The summed E-state index contributed by atoms with van der Waals surface area (Å²) in [5.41, 5.74) is 1.99. The van der Waals surface area contributed by atoms with E-state index in [1.54, 1.807) is 30.0 Å². The largest absolute Gasteiger partial charge is 0.450 e. The van der Waals surface area contributed by atoms with Gasteiger partial charge in [0.2, 0.25) is 5.91 Å². The molecule has 28 heavy (non-hydrogen) atoms. The number of nitriles is 1. The van der Waals surface area contributed by atoms with Gasteiger partial charge >= 0.3 is 6.09 Å². The van der Waals surface area contributed by atoms with Crippen LogP contribution in [0.5, 0.6) is 0 Å². The Hall–Kier alpha value is -3.18. The van der Waals surface area contributed by atoms with Crippen molar-refractivity contribution in [1.29, 1.82) is 5.26 Å². The number of carbonyl (C=O) groups excluding carboxylic acids is 2. The molecule has 8 heteroatoms. The summed E-state index contributed by atoms with van der Waals surface area (Å²) in [4.78, 5) is 26.6. The van der Waals surface area contributed by atoms with Crippen LogP contribution in [-0.2, 0) is 22.5 Å². The second-order valence-electron chi connectivity index (χ2n) is 6.06. The molecular weight excluding hydrogens is 381 g/mol. The minimum absolute atomic E-state index is 0.303. The van der Waals surface area contributed by atoms with Crippen LogP contribution in [0.15, 0.2) is 30.3 Å². The highest BCUT2D eigenvalue weighted by Gasteiger charge is 2.27. The SMILES string of the molecule is CCOC(=O)N1CCc2c(sc(NC(=O)C=Cc3ccc(F)cc3)c2C#N)C1. The number of nitrogens with one attached hydrogen (secondary N) is 1. The van der Waals surface area contributed by atoms with Gasteiger partial charge in [-0.1, -0.05) is 12.1 Å². The van der Waals surface area contributed by atoms with E-state index >= 15 is 0 Å². The lowest BCUT2D eigenvalue weighted by molar-refractivity contribution is -0.111. The summed E-state index contributed by atoms with van der Waals surface area (Å²) in [5.74, 6) is -0.733. The average Bonchev–Trinajstić information content (AvgIpc) is 3.03. The highest BCUT2D eigenvalue weighted by Crippen LogP contribution is 2.36. The Balaban J connectivity index is 1.73. The zero-order valence-electron chi connectivity index (χ0n) is 15.2. The van der Waals surface area contributed by atoms with Crippen LogP contribution in [0.2, 0.25) is 0 Å². The third-order valence-electron chi connectivity index (χ3n) is 4.23. The summed E-state index contributed by atoms with van der Waals surface area (Å²) < 4.78 is 18.0. The Kier molecular flexibility index (Phi) is 6.06. The average molecular weight is 399 g/mol. The number of anilines is 1. The van der Waals surface area contributed by atoms with Crippen molar-refractivity contribution >= 4 is 34.4 Å². The van der Waals surface area contributed by atoms with Crippen molar-refractivity contribution in [2.24, 2.45) is 0 Å². The Morgan fingerprint density at radius 2 is 2.14 bits per heavy atom. The molecule has 0 saturated heterocycles. The first-order valence-electron chi connectivity index (χ1n) is 8.72. The zero-order valence-corrected chi connectivity index (χ0v) is 16.0. The van der Waals surface area contributed by atoms with Crippen LogP contribution in [-0.4, -0.2) is 30.1 Å². The summed E-state index contributed by atoms with van der Waals surface area (Å²) in [7, 11) is 0. The minimum atomic E-state index is -0.387. The van der Waals surface area contributed by atoms with Gasteiger partial charge in [-0.05, 0) is 42.7 Å². The lowest BCUT2D eigenvalue weighted by Gasteiger charge is -2.25.